The van der Waals surface area contributed by atoms with Crippen molar-refractivity contribution in [3.63, 3.8) is 0 Å². The zero-order valence-electron chi connectivity index (χ0n) is 25.6. The smallest absolute Gasteiger partial charge is 0.345 e. The molecule has 1 aromatic rings. The fourth-order valence-electron chi connectivity index (χ4n) is 5.31. The predicted molar refractivity (Wildman–Crippen MR) is 169 cm³/mol. The number of carbonyl (C=O) groups is 5. The minimum atomic E-state index is -1.65. The first kappa shape index (κ1) is 33.5. The zero-order valence-corrected chi connectivity index (χ0v) is 28.1. The Morgan fingerprint density at radius 1 is 0.795 bits per heavy atom. The Labute approximate surface area is 268 Å². The van der Waals surface area contributed by atoms with Gasteiger partial charge in [0, 0.05) is 22.5 Å². The number of hydrogen-bond acceptors (Lipinski definition) is 13. The number of amides is 1. The van der Waals surface area contributed by atoms with Gasteiger partial charge in [0.25, 0.3) is 0 Å². The minimum Gasteiger partial charge on any atom is -0.497 e. The summed E-state index contributed by atoms with van der Waals surface area (Å²) < 4.78 is 24.3. The summed E-state index contributed by atoms with van der Waals surface area (Å²) in [6, 6.07) is 5.22. The second-order valence-corrected chi connectivity index (χ2v) is 14.0. The van der Waals surface area contributed by atoms with E-state index in [1.54, 1.807) is 23.1 Å². The van der Waals surface area contributed by atoms with Crippen LogP contribution in [-0.4, -0.2) is 75.0 Å². The average Bonchev–Trinajstić information content (AvgIpc) is 3.41. The van der Waals surface area contributed by atoms with Gasteiger partial charge >= 0.3 is 23.9 Å². The van der Waals surface area contributed by atoms with Crippen molar-refractivity contribution in [2.45, 2.75) is 49.7 Å². The van der Waals surface area contributed by atoms with Crippen molar-refractivity contribution in [1.29, 1.82) is 0 Å². The number of rotatable bonds is 8. The zero-order chi connectivity index (χ0) is 32.6. The van der Waals surface area contributed by atoms with Gasteiger partial charge < -0.3 is 28.6 Å². The molecule has 1 amide bonds. The van der Waals surface area contributed by atoms with E-state index in [0.717, 1.165) is 41.7 Å². The fourth-order valence-corrected chi connectivity index (χ4v) is 10.4. The standard InChI is InChI=1S/C30H33NO10S3/c1-9-10-11-18(32)31-17-13-12-15(37-4)14-16(17)19-24(29(31,2)3)42-21(26(34)39-6)20(25(33)38-5)30(19)43-22(27(35)40-7)23(44-30)28(36)41-8/h12-14H,9-11H2,1-8H3. The van der Waals surface area contributed by atoms with Gasteiger partial charge in [0.15, 0.2) is 0 Å². The monoisotopic (exact) mass is 663 g/mol. The third kappa shape index (κ3) is 5.30. The molecule has 14 heteroatoms. The lowest BCUT2D eigenvalue weighted by Gasteiger charge is -2.50. The maximum atomic E-state index is 13.9. The summed E-state index contributed by atoms with van der Waals surface area (Å²) >= 11 is 2.74. The topological polar surface area (TPSA) is 135 Å². The highest BCUT2D eigenvalue weighted by Gasteiger charge is 2.61. The maximum absolute atomic E-state index is 13.9. The van der Waals surface area contributed by atoms with Crippen molar-refractivity contribution in [2.24, 2.45) is 0 Å². The molecule has 236 valence electrons. The van der Waals surface area contributed by atoms with E-state index in [2.05, 4.69) is 0 Å². The van der Waals surface area contributed by atoms with Gasteiger partial charge in [0.1, 0.15) is 24.5 Å². The first-order valence-corrected chi connectivity index (χ1v) is 16.0. The lowest BCUT2D eigenvalue weighted by molar-refractivity contribution is -0.138. The Kier molecular flexibility index (Phi) is 9.86. The molecule has 0 radical (unpaired) electrons. The molecule has 1 spiro atoms. The fraction of sp³-hybridized carbons (Fsp3) is 0.433. The molecule has 3 heterocycles. The Balaban J connectivity index is 2.16. The van der Waals surface area contributed by atoms with E-state index in [-0.39, 0.29) is 32.6 Å². The number of thioether (sulfide) groups is 3. The first-order chi connectivity index (χ1) is 20.9. The number of hydrogen-bond donors (Lipinski definition) is 0. The van der Waals surface area contributed by atoms with E-state index in [1.807, 2.05) is 20.8 Å². The molecule has 11 nitrogen and oxygen atoms in total. The van der Waals surface area contributed by atoms with Crippen LogP contribution in [0.2, 0.25) is 0 Å². The Morgan fingerprint density at radius 3 is 1.84 bits per heavy atom. The van der Waals surface area contributed by atoms with Gasteiger partial charge in [-0.3, -0.25) is 4.79 Å². The third-order valence-electron chi connectivity index (χ3n) is 7.34. The highest BCUT2D eigenvalue weighted by atomic mass is 32.2. The highest BCUT2D eigenvalue weighted by Crippen LogP contribution is 2.71. The van der Waals surface area contributed by atoms with Gasteiger partial charge in [-0.25, -0.2) is 19.2 Å². The van der Waals surface area contributed by atoms with Crippen molar-refractivity contribution in [3.05, 3.63) is 49.0 Å². The van der Waals surface area contributed by atoms with Crippen LogP contribution < -0.4 is 9.64 Å². The SMILES string of the molecule is CCCCC(=O)N1c2ccc(OC)cc2C2=C(SC(C(=O)OC)=C(C(=O)OC)C23SC(C(=O)OC)=C(C(=O)OC)S3)C1(C)C. The maximum Gasteiger partial charge on any atom is 0.345 e. The van der Waals surface area contributed by atoms with E-state index >= 15 is 0 Å². The molecule has 0 unspecified atom stereocenters. The van der Waals surface area contributed by atoms with Gasteiger partial charge in [-0.15, -0.1) is 0 Å². The summed E-state index contributed by atoms with van der Waals surface area (Å²) in [5.74, 6) is -3.04. The van der Waals surface area contributed by atoms with Crippen molar-refractivity contribution >= 4 is 76.3 Å². The second kappa shape index (κ2) is 12.9. The molecule has 0 bridgehead atoms. The third-order valence-corrected chi connectivity index (χ3v) is 12.0. The molecular formula is C30H33NO10S3. The summed E-state index contributed by atoms with van der Waals surface area (Å²) in [5.41, 5.74) is 0.330. The van der Waals surface area contributed by atoms with Gasteiger partial charge in [-0.2, -0.15) is 0 Å². The van der Waals surface area contributed by atoms with Crippen molar-refractivity contribution in [1.82, 2.24) is 0 Å². The van der Waals surface area contributed by atoms with Crippen LogP contribution in [0.4, 0.5) is 5.69 Å². The largest absolute Gasteiger partial charge is 0.497 e. The molecule has 3 aliphatic heterocycles. The summed E-state index contributed by atoms with van der Waals surface area (Å²) in [4.78, 5) is 69.2. The molecular weight excluding hydrogens is 631 g/mol. The quantitative estimate of drug-likeness (QED) is 0.279. The van der Waals surface area contributed by atoms with Crippen molar-refractivity contribution < 1.29 is 47.7 Å². The van der Waals surface area contributed by atoms with E-state index in [9.17, 15) is 24.0 Å². The summed E-state index contributed by atoms with van der Waals surface area (Å²) in [6.45, 7) is 5.69. The van der Waals surface area contributed by atoms with Crippen molar-refractivity contribution in [3.8, 4) is 5.75 Å². The normalized spacial score (nSPS) is 18.0. The summed E-state index contributed by atoms with van der Waals surface area (Å²) in [6.07, 6.45) is 1.76. The molecule has 0 fully saturated rings. The molecule has 3 aliphatic rings. The minimum absolute atomic E-state index is 0.103. The van der Waals surface area contributed by atoms with Crippen LogP contribution >= 0.6 is 35.3 Å². The molecule has 0 saturated carbocycles. The molecule has 4 rings (SSSR count). The number of ether oxygens (including phenoxy) is 5. The number of esters is 4. The van der Waals surface area contributed by atoms with Crippen LogP contribution in [0.1, 0.15) is 45.6 Å². The number of anilines is 1. The van der Waals surface area contributed by atoms with Crippen LogP contribution in [-0.2, 0) is 42.9 Å². The van der Waals surface area contributed by atoms with Crippen LogP contribution in [0.15, 0.2) is 43.4 Å². The van der Waals surface area contributed by atoms with Crippen molar-refractivity contribution in [2.75, 3.05) is 40.4 Å². The van der Waals surface area contributed by atoms with Gasteiger partial charge in [0.2, 0.25) is 5.91 Å². The van der Waals surface area contributed by atoms with Crippen LogP contribution in [0.25, 0.3) is 5.57 Å². The Hall–Kier alpha value is -3.36. The Morgan fingerprint density at radius 2 is 1.34 bits per heavy atom. The second-order valence-electron chi connectivity index (χ2n) is 10.2. The molecule has 1 aromatic carbocycles. The first-order valence-electron chi connectivity index (χ1n) is 13.5. The van der Waals surface area contributed by atoms with E-state index < -0.39 is 33.5 Å². The number of carbonyl (C=O) groups excluding carboxylic acids is 5. The van der Waals surface area contributed by atoms with Gasteiger partial charge in [-0.05, 0) is 38.5 Å². The lowest BCUT2D eigenvalue weighted by atomic mass is 9.83. The van der Waals surface area contributed by atoms with Crippen LogP contribution in [0, 0.1) is 0 Å². The van der Waals surface area contributed by atoms with E-state index in [4.69, 9.17) is 23.7 Å². The number of benzene rings is 1. The number of fused-ring (bicyclic) bond motifs is 3. The highest BCUT2D eigenvalue weighted by molar-refractivity contribution is 8.26. The molecule has 0 saturated heterocycles. The number of unbranched alkanes of at least 4 members (excludes halogenated alkanes) is 1. The average molecular weight is 664 g/mol. The van der Waals surface area contributed by atoms with E-state index in [0.29, 0.717) is 33.9 Å². The van der Waals surface area contributed by atoms with E-state index in [1.165, 1.54) is 35.5 Å². The lowest BCUT2D eigenvalue weighted by Crippen LogP contribution is -2.53. The number of nitrogens with zero attached hydrogens (tertiary/aromatic N) is 1. The van der Waals surface area contributed by atoms with Gasteiger partial charge in [0.05, 0.1) is 52.3 Å². The molecule has 0 aliphatic carbocycles. The molecule has 0 aromatic heterocycles. The summed E-state index contributed by atoms with van der Waals surface area (Å²) in [7, 11) is 6.19. The predicted octanol–water partition coefficient (Wildman–Crippen LogP) is 4.80. The van der Waals surface area contributed by atoms with Crippen LogP contribution in [0.5, 0.6) is 5.75 Å². The van der Waals surface area contributed by atoms with Crippen LogP contribution in [0.3, 0.4) is 0 Å². The van der Waals surface area contributed by atoms with Gasteiger partial charge in [-0.1, -0.05) is 48.6 Å². The molecule has 44 heavy (non-hydrogen) atoms. The summed E-state index contributed by atoms with van der Waals surface area (Å²) in [5, 5.41) is 0. The Bertz CT molecular complexity index is 1510. The molecule has 0 atom stereocenters. The molecule has 0 N–H and O–H groups in total. The number of methoxy groups -OCH3 is 5.